The molecule has 3 unspecified atom stereocenters. The van der Waals surface area contributed by atoms with Crippen LogP contribution in [0.5, 0.6) is 0 Å². The molecule has 0 N–H and O–H groups in total. The minimum Gasteiger partial charge on any atom is -0.323 e. The first-order chi connectivity index (χ1) is 9.49. The van der Waals surface area contributed by atoms with Crippen LogP contribution in [0.1, 0.15) is 55.9 Å². The van der Waals surface area contributed by atoms with Gasteiger partial charge in [0.2, 0.25) is 0 Å². The van der Waals surface area contributed by atoms with Crippen molar-refractivity contribution in [3.05, 3.63) is 29.3 Å². The van der Waals surface area contributed by atoms with Gasteiger partial charge in [0, 0.05) is 12.1 Å². The summed E-state index contributed by atoms with van der Waals surface area (Å²) in [5.74, 6) is 1.28. The van der Waals surface area contributed by atoms with Gasteiger partial charge in [-0.05, 0) is 44.2 Å². The third-order valence-corrected chi connectivity index (χ3v) is 4.70. The molecule has 2 aromatic rings. The first-order valence-corrected chi connectivity index (χ1v) is 7.74. The van der Waals surface area contributed by atoms with E-state index in [1.165, 1.54) is 18.9 Å². The molecule has 0 bridgehead atoms. The minimum absolute atomic E-state index is 0.168. The van der Waals surface area contributed by atoms with E-state index in [-0.39, 0.29) is 11.2 Å². The summed E-state index contributed by atoms with van der Waals surface area (Å²) in [6, 6.07) is 3.87. The number of fused-ring (bicyclic) bond motifs is 1. The zero-order valence-electron chi connectivity index (χ0n) is 12.2. The van der Waals surface area contributed by atoms with Crippen molar-refractivity contribution >= 4 is 22.6 Å². The number of nitrogens with zero attached hydrogens (tertiary/aromatic N) is 2. The summed E-state index contributed by atoms with van der Waals surface area (Å²) < 4.78 is 16.0. The molecule has 0 spiro atoms. The Bertz CT molecular complexity index is 647. The van der Waals surface area contributed by atoms with E-state index in [0.717, 1.165) is 23.3 Å². The summed E-state index contributed by atoms with van der Waals surface area (Å²) in [7, 11) is 0. The summed E-state index contributed by atoms with van der Waals surface area (Å²) in [6.45, 7) is 6.01. The summed E-state index contributed by atoms with van der Waals surface area (Å²) >= 11 is 6.31. The van der Waals surface area contributed by atoms with Gasteiger partial charge in [-0.25, -0.2) is 9.37 Å². The number of halogens is 2. The highest BCUT2D eigenvalue weighted by Gasteiger charge is 2.29. The van der Waals surface area contributed by atoms with Crippen LogP contribution in [0.25, 0.3) is 11.0 Å². The molecule has 0 radical (unpaired) electrons. The van der Waals surface area contributed by atoms with E-state index in [9.17, 15) is 4.39 Å². The molecule has 0 aliphatic heterocycles. The molecule has 3 rings (SSSR count). The van der Waals surface area contributed by atoms with Gasteiger partial charge < -0.3 is 4.57 Å². The second kappa shape index (κ2) is 5.03. The van der Waals surface area contributed by atoms with Crippen LogP contribution in [-0.4, -0.2) is 9.55 Å². The maximum Gasteiger partial charge on any atom is 0.128 e. The molecule has 20 heavy (non-hydrogen) atoms. The molecular formula is C16H20ClFN2. The molecule has 1 aliphatic rings. The lowest BCUT2D eigenvalue weighted by Crippen LogP contribution is -2.15. The molecule has 1 aromatic heterocycles. The van der Waals surface area contributed by atoms with Crippen molar-refractivity contribution in [3.63, 3.8) is 0 Å². The number of rotatable bonds is 2. The first kappa shape index (κ1) is 13.9. The monoisotopic (exact) mass is 294 g/mol. The summed E-state index contributed by atoms with van der Waals surface area (Å²) in [5.41, 5.74) is 2.40. The van der Waals surface area contributed by atoms with E-state index in [0.29, 0.717) is 17.5 Å². The van der Waals surface area contributed by atoms with Crippen LogP contribution >= 0.6 is 11.6 Å². The van der Waals surface area contributed by atoms with Crippen molar-refractivity contribution in [3.8, 4) is 0 Å². The Morgan fingerprint density at radius 1 is 1.40 bits per heavy atom. The molecule has 2 nitrogen and oxygen atoms in total. The van der Waals surface area contributed by atoms with Gasteiger partial charge in [-0.15, -0.1) is 11.6 Å². The second-order valence-corrected chi connectivity index (χ2v) is 6.68. The molecular weight excluding hydrogens is 275 g/mol. The van der Waals surface area contributed by atoms with Gasteiger partial charge in [-0.3, -0.25) is 0 Å². The fraction of sp³-hybridized carbons (Fsp3) is 0.562. The lowest BCUT2D eigenvalue weighted by molar-refractivity contribution is 0.405. The number of aromatic nitrogens is 2. The zero-order chi connectivity index (χ0) is 14.4. The Labute approximate surface area is 123 Å². The average molecular weight is 295 g/mol. The van der Waals surface area contributed by atoms with Crippen LogP contribution in [0, 0.1) is 18.7 Å². The highest BCUT2D eigenvalue weighted by molar-refractivity contribution is 6.20. The Morgan fingerprint density at radius 3 is 2.75 bits per heavy atom. The molecule has 4 heteroatoms. The minimum atomic E-state index is -0.199. The maximum atomic E-state index is 13.8. The lowest BCUT2D eigenvalue weighted by Gasteiger charge is -2.22. The summed E-state index contributed by atoms with van der Waals surface area (Å²) in [6.07, 6.45) is 3.63. The third kappa shape index (κ3) is 2.12. The Hall–Kier alpha value is -1.09. The van der Waals surface area contributed by atoms with Gasteiger partial charge >= 0.3 is 0 Å². The molecule has 0 saturated heterocycles. The molecule has 3 atom stereocenters. The predicted molar refractivity (Wildman–Crippen MR) is 80.7 cm³/mol. The van der Waals surface area contributed by atoms with Crippen LogP contribution in [0.2, 0.25) is 0 Å². The summed E-state index contributed by atoms with van der Waals surface area (Å²) in [5, 5.41) is -0.168. The van der Waals surface area contributed by atoms with E-state index >= 15 is 0 Å². The van der Waals surface area contributed by atoms with Gasteiger partial charge in [0.05, 0.1) is 16.4 Å². The normalized spacial score (nSPS) is 24.4. The second-order valence-electron chi connectivity index (χ2n) is 6.02. The number of aryl methyl sites for hydroxylation is 1. The van der Waals surface area contributed by atoms with Gasteiger partial charge in [-0.2, -0.15) is 0 Å². The zero-order valence-corrected chi connectivity index (χ0v) is 12.9. The smallest absolute Gasteiger partial charge is 0.128 e. The number of hydrogen-bond acceptors (Lipinski definition) is 1. The van der Waals surface area contributed by atoms with E-state index in [4.69, 9.17) is 11.6 Å². The van der Waals surface area contributed by atoms with Crippen LogP contribution in [0.4, 0.5) is 4.39 Å². The van der Waals surface area contributed by atoms with E-state index in [1.54, 1.807) is 6.92 Å². The molecule has 1 aliphatic carbocycles. The largest absolute Gasteiger partial charge is 0.323 e. The Morgan fingerprint density at radius 2 is 2.15 bits per heavy atom. The van der Waals surface area contributed by atoms with Crippen LogP contribution < -0.4 is 0 Å². The van der Waals surface area contributed by atoms with E-state index in [1.807, 2.05) is 13.0 Å². The van der Waals surface area contributed by atoms with Gasteiger partial charge in [0.15, 0.2) is 0 Å². The third-order valence-electron chi connectivity index (χ3n) is 4.50. The molecule has 108 valence electrons. The molecule has 1 fully saturated rings. The molecule has 1 saturated carbocycles. The number of benzene rings is 1. The average Bonchev–Trinajstić information content (AvgIpc) is 2.93. The molecule has 1 heterocycles. The van der Waals surface area contributed by atoms with Gasteiger partial charge in [0.1, 0.15) is 11.6 Å². The van der Waals surface area contributed by atoms with E-state index < -0.39 is 0 Å². The van der Waals surface area contributed by atoms with Crippen molar-refractivity contribution in [1.29, 1.82) is 0 Å². The first-order valence-electron chi connectivity index (χ1n) is 7.31. The fourth-order valence-corrected chi connectivity index (χ4v) is 3.53. The topological polar surface area (TPSA) is 17.8 Å². The highest BCUT2D eigenvalue weighted by atomic mass is 35.5. The molecule has 1 aromatic carbocycles. The predicted octanol–water partition coefficient (Wildman–Crippen LogP) is 5.14. The number of hydrogen-bond donors (Lipinski definition) is 0. The van der Waals surface area contributed by atoms with E-state index in [2.05, 4.69) is 16.5 Å². The fourth-order valence-electron chi connectivity index (χ4n) is 3.38. The standard InChI is InChI=1S/C16H20ClFN2/c1-9-5-4-6-14(9)20-15-7-10(2)12(18)8-13(15)19-16(20)11(3)17/h7-9,11,14H,4-6H2,1-3H3. The van der Waals surface area contributed by atoms with Crippen LogP contribution in [0.3, 0.4) is 0 Å². The van der Waals surface area contributed by atoms with Crippen molar-refractivity contribution in [1.82, 2.24) is 9.55 Å². The number of imidazole rings is 1. The van der Waals surface area contributed by atoms with Gasteiger partial charge in [0.25, 0.3) is 0 Å². The van der Waals surface area contributed by atoms with Crippen LogP contribution in [0.15, 0.2) is 12.1 Å². The highest BCUT2D eigenvalue weighted by Crippen LogP contribution is 2.40. The Kier molecular flexibility index (Phi) is 3.49. The maximum absolute atomic E-state index is 13.8. The molecule has 0 amide bonds. The Balaban J connectivity index is 2.26. The van der Waals surface area contributed by atoms with Crippen molar-refractivity contribution in [2.24, 2.45) is 5.92 Å². The van der Waals surface area contributed by atoms with Crippen molar-refractivity contribution < 1.29 is 4.39 Å². The summed E-state index contributed by atoms with van der Waals surface area (Å²) in [4.78, 5) is 4.58. The van der Waals surface area contributed by atoms with Crippen molar-refractivity contribution in [2.75, 3.05) is 0 Å². The quantitative estimate of drug-likeness (QED) is 0.701. The SMILES string of the molecule is Cc1cc2c(cc1F)nc(C(C)Cl)n2C1CCCC1C. The van der Waals surface area contributed by atoms with Crippen molar-refractivity contribution in [2.45, 2.75) is 51.5 Å². The lowest BCUT2D eigenvalue weighted by atomic mass is 10.1. The van der Waals surface area contributed by atoms with Gasteiger partial charge in [-0.1, -0.05) is 13.3 Å². The number of alkyl halides is 1. The van der Waals surface area contributed by atoms with Crippen LogP contribution in [-0.2, 0) is 0 Å².